The molecule has 6 atom stereocenters. The number of nitrogens with zero attached hydrogens (tertiary/aromatic N) is 3. The first kappa shape index (κ1) is 24.8. The van der Waals surface area contributed by atoms with Gasteiger partial charge in [-0.15, -0.1) is 5.11 Å². The topological polar surface area (TPSA) is 206 Å². The molecule has 4 rings (SSSR count). The van der Waals surface area contributed by atoms with Crippen molar-refractivity contribution in [2.24, 2.45) is 27.3 Å². The second-order valence-electron chi connectivity index (χ2n) is 9.12. The highest BCUT2D eigenvalue weighted by atomic mass is 35.5. The predicted molar refractivity (Wildman–Crippen MR) is 121 cm³/mol. The van der Waals surface area contributed by atoms with Crippen LogP contribution in [-0.2, 0) is 14.4 Å². The van der Waals surface area contributed by atoms with Crippen molar-refractivity contribution in [3.63, 3.8) is 0 Å². The summed E-state index contributed by atoms with van der Waals surface area (Å²) in [7, 11) is 2.86. The predicted octanol–water partition coefficient (Wildman–Crippen LogP) is 0.733. The standard InChI is InChI=1S/C22H23ClN4O8/c1-6-9-7(25-26-23)4-5-8(28)11(9)16(29)12-10(6)17(30)14-15(27(2)3)18(31)13(21(24)34)20(33)22(14,35)19(12)32/h4-6,10,14-15,17,28-30,33,35H,1-3H3,(H2,24,34)/t6-,10?,14?,15-,17-,22-/m0/s1. The molecule has 0 aliphatic heterocycles. The molecular formula is C22H23ClN4O8. The van der Waals surface area contributed by atoms with E-state index in [0.29, 0.717) is 0 Å². The Morgan fingerprint density at radius 3 is 2.37 bits per heavy atom. The summed E-state index contributed by atoms with van der Waals surface area (Å²) in [5.41, 5.74) is 1.02. The lowest BCUT2D eigenvalue weighted by atomic mass is 9.54. The highest BCUT2D eigenvalue weighted by molar-refractivity contribution is 6.24. The Kier molecular flexibility index (Phi) is 5.75. The number of hydrogen-bond donors (Lipinski definition) is 6. The molecule has 3 aliphatic rings. The van der Waals surface area contributed by atoms with E-state index in [4.69, 9.17) is 17.5 Å². The van der Waals surface area contributed by atoms with Gasteiger partial charge in [0.2, 0.25) is 5.78 Å². The molecule has 0 radical (unpaired) electrons. The lowest BCUT2D eigenvalue weighted by Gasteiger charge is -2.53. The molecule has 1 fully saturated rings. The fourth-order valence-electron chi connectivity index (χ4n) is 5.80. The van der Waals surface area contributed by atoms with Gasteiger partial charge in [-0.3, -0.25) is 19.3 Å². The van der Waals surface area contributed by atoms with Gasteiger partial charge in [0.05, 0.1) is 41.1 Å². The average molecular weight is 507 g/mol. The summed E-state index contributed by atoms with van der Waals surface area (Å²) in [5, 5.41) is 59.4. The van der Waals surface area contributed by atoms with Gasteiger partial charge >= 0.3 is 0 Å². The molecule has 7 N–H and O–H groups in total. The number of carbonyl (C=O) groups is 3. The van der Waals surface area contributed by atoms with Crippen molar-refractivity contribution in [1.29, 1.82) is 0 Å². The van der Waals surface area contributed by atoms with E-state index in [9.17, 15) is 39.9 Å². The number of carbonyl (C=O) groups excluding carboxylic acids is 3. The Morgan fingerprint density at radius 1 is 1.20 bits per heavy atom. The van der Waals surface area contributed by atoms with E-state index in [0.717, 1.165) is 0 Å². The largest absolute Gasteiger partial charge is 0.508 e. The third kappa shape index (κ3) is 3.07. The van der Waals surface area contributed by atoms with E-state index in [-0.39, 0.29) is 16.8 Å². The van der Waals surface area contributed by atoms with E-state index in [1.807, 2.05) is 0 Å². The minimum absolute atomic E-state index is 0.147. The second kappa shape index (κ2) is 8.12. The van der Waals surface area contributed by atoms with Gasteiger partial charge in [-0.2, -0.15) is 0 Å². The normalized spacial score (nSPS) is 32.7. The van der Waals surface area contributed by atoms with Crippen molar-refractivity contribution in [1.82, 2.24) is 4.90 Å². The van der Waals surface area contributed by atoms with Gasteiger partial charge in [-0.05, 0) is 37.7 Å². The number of phenols is 1. The fourth-order valence-corrected chi connectivity index (χ4v) is 5.88. The first-order valence-electron chi connectivity index (χ1n) is 10.5. The highest BCUT2D eigenvalue weighted by Gasteiger charge is 2.68. The summed E-state index contributed by atoms with van der Waals surface area (Å²) in [6, 6.07) is 1.14. The molecule has 12 nitrogen and oxygen atoms in total. The molecule has 0 spiro atoms. The monoisotopic (exact) mass is 506 g/mol. The van der Waals surface area contributed by atoms with Gasteiger partial charge in [0.15, 0.2) is 11.4 Å². The Balaban J connectivity index is 2.09. The van der Waals surface area contributed by atoms with Crippen LogP contribution in [0.4, 0.5) is 5.69 Å². The van der Waals surface area contributed by atoms with Gasteiger partial charge in [0.1, 0.15) is 22.8 Å². The second-order valence-corrected chi connectivity index (χ2v) is 9.27. The van der Waals surface area contributed by atoms with Crippen LogP contribution in [0.25, 0.3) is 5.76 Å². The van der Waals surface area contributed by atoms with Gasteiger partial charge in [-0.25, -0.2) is 0 Å². The summed E-state index contributed by atoms with van der Waals surface area (Å²) in [5.74, 6) is -9.74. The van der Waals surface area contributed by atoms with Crippen LogP contribution in [0.3, 0.4) is 0 Å². The molecule has 1 aromatic rings. The third-order valence-corrected chi connectivity index (χ3v) is 7.31. The van der Waals surface area contributed by atoms with Crippen molar-refractivity contribution in [2.75, 3.05) is 14.1 Å². The van der Waals surface area contributed by atoms with Crippen molar-refractivity contribution in [2.45, 2.75) is 30.6 Å². The Labute approximate surface area is 203 Å². The summed E-state index contributed by atoms with van der Waals surface area (Å²) in [6.07, 6.45) is -1.70. The number of hydrogen-bond acceptors (Lipinski definition) is 11. The number of aromatic hydroxyl groups is 1. The van der Waals surface area contributed by atoms with Crippen LogP contribution >= 0.6 is 11.8 Å². The van der Waals surface area contributed by atoms with Crippen LogP contribution < -0.4 is 5.73 Å². The summed E-state index contributed by atoms with van der Waals surface area (Å²) < 4.78 is 3.21. The van der Waals surface area contributed by atoms with E-state index in [2.05, 4.69) is 9.75 Å². The van der Waals surface area contributed by atoms with Crippen molar-refractivity contribution < 1.29 is 39.9 Å². The van der Waals surface area contributed by atoms with E-state index in [1.165, 1.54) is 31.1 Å². The number of aliphatic hydroxyl groups is 4. The van der Waals surface area contributed by atoms with Crippen LogP contribution in [0.1, 0.15) is 24.0 Å². The van der Waals surface area contributed by atoms with Crippen LogP contribution in [0.15, 0.2) is 38.8 Å². The minimum Gasteiger partial charge on any atom is -0.508 e. The molecule has 1 amide bonds. The molecule has 1 saturated carbocycles. The summed E-state index contributed by atoms with van der Waals surface area (Å²) in [6.45, 7) is 1.59. The van der Waals surface area contributed by atoms with Gasteiger partial charge < -0.3 is 31.3 Å². The molecule has 35 heavy (non-hydrogen) atoms. The number of benzene rings is 1. The maximum atomic E-state index is 13.8. The molecule has 1 aromatic carbocycles. The summed E-state index contributed by atoms with van der Waals surface area (Å²) >= 11 is 5.40. The molecule has 2 unspecified atom stereocenters. The zero-order chi connectivity index (χ0) is 26.1. The van der Waals surface area contributed by atoms with Crippen LogP contribution in [0.2, 0.25) is 0 Å². The number of Topliss-reactive ketones (excluding diaryl/α,β-unsaturated/α-hetero) is 2. The number of phenolic OH excluding ortho intramolecular Hbond substituents is 1. The number of halogens is 1. The van der Waals surface area contributed by atoms with Crippen LogP contribution in [-0.4, -0.2) is 79.7 Å². The number of fused-ring (bicyclic) bond motifs is 3. The lowest BCUT2D eigenvalue weighted by Crippen LogP contribution is -2.70. The Bertz CT molecular complexity index is 1270. The molecule has 3 aliphatic carbocycles. The van der Waals surface area contributed by atoms with Gasteiger partial charge in [0.25, 0.3) is 5.91 Å². The molecule has 0 saturated heterocycles. The zero-order valence-electron chi connectivity index (χ0n) is 18.8. The first-order chi connectivity index (χ1) is 16.3. The van der Waals surface area contributed by atoms with Crippen molar-refractivity contribution >= 4 is 40.7 Å². The fraction of sp³-hybridized carbons (Fsp3) is 0.409. The smallest absolute Gasteiger partial charge is 0.255 e. The maximum absolute atomic E-state index is 13.8. The minimum atomic E-state index is -2.97. The Morgan fingerprint density at radius 2 is 1.83 bits per heavy atom. The Hall–Kier alpha value is -3.32. The van der Waals surface area contributed by atoms with Crippen molar-refractivity contribution in [3.8, 4) is 5.75 Å². The molecule has 186 valence electrons. The number of nitrogens with two attached hydrogens (primary N) is 1. The number of likely N-dealkylation sites (N-methyl/N-ethyl adjacent to an activating group) is 1. The van der Waals surface area contributed by atoms with E-state index < -0.39 is 81.4 Å². The molecule has 0 heterocycles. The van der Waals surface area contributed by atoms with Crippen LogP contribution in [0.5, 0.6) is 5.75 Å². The van der Waals surface area contributed by atoms with Crippen molar-refractivity contribution in [3.05, 3.63) is 40.2 Å². The van der Waals surface area contributed by atoms with E-state index >= 15 is 0 Å². The maximum Gasteiger partial charge on any atom is 0.255 e. The molecule has 0 bridgehead atoms. The van der Waals surface area contributed by atoms with Gasteiger partial charge in [0, 0.05) is 11.5 Å². The molecule has 13 heteroatoms. The SMILES string of the molecule is C[C@H]1c2c(N=NCl)ccc(O)c2C(O)=C2C(=O)[C@]3(O)C(O)=C(C(N)=O)C(=O)[C@@H](N(C)C)C3[C@@H](O)C21. The van der Waals surface area contributed by atoms with Crippen LogP contribution in [0, 0.1) is 11.8 Å². The quantitative estimate of drug-likeness (QED) is 0.252. The highest BCUT2D eigenvalue weighted by Crippen LogP contribution is 2.57. The average Bonchev–Trinajstić information content (AvgIpc) is 2.77. The molecule has 0 aromatic heterocycles. The number of primary amides is 1. The number of aliphatic hydroxyl groups excluding tert-OH is 3. The third-order valence-electron chi connectivity index (χ3n) is 7.23. The number of rotatable bonds is 3. The first-order valence-corrected chi connectivity index (χ1v) is 10.9. The summed E-state index contributed by atoms with van der Waals surface area (Å²) in [4.78, 5) is 40.2. The number of amides is 1. The van der Waals surface area contributed by atoms with E-state index in [1.54, 1.807) is 6.92 Å². The lowest BCUT2D eigenvalue weighted by molar-refractivity contribution is -0.169. The molecular weight excluding hydrogens is 484 g/mol. The zero-order valence-corrected chi connectivity index (χ0v) is 19.6. The van der Waals surface area contributed by atoms with Gasteiger partial charge in [-0.1, -0.05) is 11.6 Å². The number of ketones is 2.